The van der Waals surface area contributed by atoms with Crippen LogP contribution in [0.25, 0.3) is 0 Å². The molecular weight excluding hydrogens is 204 g/mol. The normalized spacial score (nSPS) is 21.2. The molecule has 1 unspecified atom stereocenters. The summed E-state index contributed by atoms with van der Waals surface area (Å²) in [6.45, 7) is 10.0. The predicted octanol–water partition coefficient (Wildman–Crippen LogP) is 3.28. The lowest BCUT2D eigenvalue weighted by molar-refractivity contribution is 0.571. The van der Waals surface area contributed by atoms with Crippen molar-refractivity contribution in [3.8, 4) is 0 Å². The van der Waals surface area contributed by atoms with Crippen LogP contribution < -0.4 is 5.32 Å². The van der Waals surface area contributed by atoms with E-state index in [1.54, 1.807) is 0 Å². The van der Waals surface area contributed by atoms with Crippen molar-refractivity contribution in [1.82, 2.24) is 5.32 Å². The molecule has 1 heterocycles. The first-order valence-corrected chi connectivity index (χ1v) is 7.01. The summed E-state index contributed by atoms with van der Waals surface area (Å²) in [6, 6.07) is 0.606. The standard InChI is InChI=1S/C12H24N2S/c1-5-10(6-2)14-12-13-8-11(15-12)7-9(3)4/h9-11H,5-8H2,1-4H3,(H,13,14). The molecule has 0 fully saturated rings. The lowest BCUT2D eigenvalue weighted by atomic mass is 10.1. The SMILES string of the molecule is CCC(CC)NC1=NCC(CC(C)C)S1. The molecule has 88 valence electrons. The third-order valence-corrected chi connectivity index (χ3v) is 3.91. The first-order chi connectivity index (χ1) is 7.15. The van der Waals surface area contributed by atoms with Crippen molar-refractivity contribution in [3.63, 3.8) is 0 Å². The van der Waals surface area contributed by atoms with Gasteiger partial charge in [0.2, 0.25) is 0 Å². The molecule has 0 bridgehead atoms. The Morgan fingerprint density at radius 1 is 1.40 bits per heavy atom. The van der Waals surface area contributed by atoms with E-state index in [4.69, 9.17) is 0 Å². The Morgan fingerprint density at radius 3 is 2.60 bits per heavy atom. The Morgan fingerprint density at radius 2 is 2.07 bits per heavy atom. The second-order valence-corrected chi connectivity index (χ2v) is 5.96. The Kier molecular flexibility index (Phi) is 5.51. The lowest BCUT2D eigenvalue weighted by Crippen LogP contribution is -2.31. The summed E-state index contributed by atoms with van der Waals surface area (Å²) >= 11 is 1.94. The van der Waals surface area contributed by atoms with E-state index in [0.29, 0.717) is 11.3 Å². The Hall–Kier alpha value is -0.180. The molecule has 1 aliphatic heterocycles. The van der Waals surface area contributed by atoms with Crippen LogP contribution >= 0.6 is 11.8 Å². The first kappa shape index (κ1) is 12.9. The fourth-order valence-electron chi connectivity index (χ4n) is 1.81. The van der Waals surface area contributed by atoms with E-state index < -0.39 is 0 Å². The number of nitrogens with zero attached hydrogens (tertiary/aromatic N) is 1. The van der Waals surface area contributed by atoms with Gasteiger partial charge in [-0.3, -0.25) is 4.99 Å². The van der Waals surface area contributed by atoms with Crippen LogP contribution in [0.1, 0.15) is 47.0 Å². The lowest BCUT2D eigenvalue weighted by Gasteiger charge is -2.16. The van der Waals surface area contributed by atoms with Gasteiger partial charge in [-0.25, -0.2) is 0 Å². The van der Waals surface area contributed by atoms with Crippen LogP contribution in [0, 0.1) is 5.92 Å². The van der Waals surface area contributed by atoms with Crippen molar-refractivity contribution in [2.24, 2.45) is 10.9 Å². The summed E-state index contributed by atoms with van der Waals surface area (Å²) in [5.74, 6) is 0.783. The largest absolute Gasteiger partial charge is 0.362 e. The zero-order valence-corrected chi connectivity index (χ0v) is 11.2. The van der Waals surface area contributed by atoms with Crippen molar-refractivity contribution >= 4 is 16.9 Å². The van der Waals surface area contributed by atoms with Crippen LogP contribution in [-0.4, -0.2) is 23.0 Å². The third kappa shape index (κ3) is 4.45. The van der Waals surface area contributed by atoms with Gasteiger partial charge in [0.05, 0.1) is 6.54 Å². The minimum Gasteiger partial charge on any atom is -0.362 e. The van der Waals surface area contributed by atoms with E-state index in [9.17, 15) is 0 Å². The van der Waals surface area contributed by atoms with E-state index >= 15 is 0 Å². The zero-order chi connectivity index (χ0) is 11.3. The van der Waals surface area contributed by atoms with Crippen LogP contribution in [0.15, 0.2) is 4.99 Å². The molecule has 1 aliphatic rings. The molecule has 0 aromatic carbocycles. The molecular formula is C12H24N2S. The summed E-state index contributed by atoms with van der Waals surface area (Å²) in [4.78, 5) is 4.57. The van der Waals surface area contributed by atoms with E-state index in [2.05, 4.69) is 38.0 Å². The predicted molar refractivity (Wildman–Crippen MR) is 70.6 cm³/mol. The van der Waals surface area contributed by atoms with Gasteiger partial charge >= 0.3 is 0 Å². The minimum absolute atomic E-state index is 0.606. The fourth-order valence-corrected chi connectivity index (χ4v) is 3.14. The van der Waals surface area contributed by atoms with Crippen molar-refractivity contribution < 1.29 is 0 Å². The maximum absolute atomic E-state index is 4.57. The first-order valence-electron chi connectivity index (χ1n) is 6.13. The smallest absolute Gasteiger partial charge is 0.157 e. The maximum atomic E-state index is 4.57. The molecule has 0 aromatic heterocycles. The molecule has 1 N–H and O–H groups in total. The molecule has 0 radical (unpaired) electrons. The second kappa shape index (κ2) is 6.41. The number of rotatable bonds is 5. The number of amidine groups is 1. The summed E-state index contributed by atoms with van der Waals surface area (Å²) in [5, 5.41) is 5.42. The number of nitrogens with one attached hydrogen (secondary N) is 1. The van der Waals surface area contributed by atoms with Crippen molar-refractivity contribution in [3.05, 3.63) is 0 Å². The molecule has 0 amide bonds. The van der Waals surface area contributed by atoms with E-state index in [-0.39, 0.29) is 0 Å². The highest BCUT2D eigenvalue weighted by molar-refractivity contribution is 8.14. The van der Waals surface area contributed by atoms with Crippen LogP contribution in [0.2, 0.25) is 0 Å². The van der Waals surface area contributed by atoms with Gasteiger partial charge in [-0.2, -0.15) is 0 Å². The van der Waals surface area contributed by atoms with Gasteiger partial charge < -0.3 is 5.32 Å². The minimum atomic E-state index is 0.606. The average Bonchev–Trinajstić information content (AvgIpc) is 2.61. The van der Waals surface area contributed by atoms with E-state index in [1.807, 2.05) is 11.8 Å². The molecule has 0 aromatic rings. The number of hydrogen-bond acceptors (Lipinski definition) is 3. The summed E-state index contributed by atoms with van der Waals surface area (Å²) in [5.41, 5.74) is 0. The van der Waals surface area contributed by atoms with Gasteiger partial charge in [0, 0.05) is 11.3 Å². The monoisotopic (exact) mass is 228 g/mol. The van der Waals surface area contributed by atoms with Crippen LogP contribution in [0.3, 0.4) is 0 Å². The maximum Gasteiger partial charge on any atom is 0.157 e. The topological polar surface area (TPSA) is 24.4 Å². The van der Waals surface area contributed by atoms with E-state index in [1.165, 1.54) is 24.4 Å². The average molecular weight is 228 g/mol. The molecule has 0 saturated carbocycles. The molecule has 1 rings (SSSR count). The Balaban J connectivity index is 2.29. The molecule has 2 nitrogen and oxygen atoms in total. The number of hydrogen-bond donors (Lipinski definition) is 1. The fraction of sp³-hybridized carbons (Fsp3) is 0.917. The van der Waals surface area contributed by atoms with Crippen LogP contribution in [-0.2, 0) is 0 Å². The van der Waals surface area contributed by atoms with Crippen LogP contribution in [0.4, 0.5) is 0 Å². The molecule has 1 atom stereocenters. The quantitative estimate of drug-likeness (QED) is 0.781. The summed E-state index contributed by atoms with van der Waals surface area (Å²) in [7, 11) is 0. The Bertz CT molecular complexity index is 210. The highest BCUT2D eigenvalue weighted by atomic mass is 32.2. The zero-order valence-electron chi connectivity index (χ0n) is 10.4. The van der Waals surface area contributed by atoms with Gasteiger partial charge in [-0.1, -0.05) is 39.5 Å². The van der Waals surface area contributed by atoms with Crippen molar-refractivity contribution in [1.29, 1.82) is 0 Å². The molecule has 0 spiro atoms. The van der Waals surface area contributed by atoms with E-state index in [0.717, 1.165) is 12.5 Å². The van der Waals surface area contributed by atoms with Crippen molar-refractivity contribution in [2.75, 3.05) is 6.54 Å². The van der Waals surface area contributed by atoms with Gasteiger partial charge in [-0.05, 0) is 25.2 Å². The van der Waals surface area contributed by atoms with Crippen molar-refractivity contribution in [2.45, 2.75) is 58.2 Å². The van der Waals surface area contributed by atoms with Crippen LogP contribution in [0.5, 0.6) is 0 Å². The number of aliphatic imine (C=N–C) groups is 1. The molecule has 3 heteroatoms. The highest BCUT2D eigenvalue weighted by Gasteiger charge is 2.21. The molecule has 15 heavy (non-hydrogen) atoms. The van der Waals surface area contributed by atoms with Gasteiger partial charge in [0.15, 0.2) is 5.17 Å². The third-order valence-electron chi connectivity index (χ3n) is 2.76. The molecule has 0 aliphatic carbocycles. The number of thioether (sulfide) groups is 1. The van der Waals surface area contributed by atoms with Gasteiger partial charge in [-0.15, -0.1) is 0 Å². The second-order valence-electron chi connectivity index (χ2n) is 4.67. The summed E-state index contributed by atoms with van der Waals surface area (Å²) in [6.07, 6.45) is 3.65. The summed E-state index contributed by atoms with van der Waals surface area (Å²) < 4.78 is 0. The highest BCUT2D eigenvalue weighted by Crippen LogP contribution is 2.25. The Labute approximate surface area is 98.3 Å². The van der Waals surface area contributed by atoms with Gasteiger partial charge in [0.25, 0.3) is 0 Å². The van der Waals surface area contributed by atoms with Gasteiger partial charge in [0.1, 0.15) is 0 Å². The molecule has 0 saturated heterocycles.